The molecule has 2 aromatic heterocycles. The number of carbonyl (C=O) groups excluding carboxylic acids is 1. The van der Waals surface area contributed by atoms with E-state index in [-0.39, 0.29) is 11.5 Å². The maximum Gasteiger partial charge on any atom is 0.283 e. The number of anilines is 1. The molecule has 0 fully saturated rings. The minimum atomic E-state index is -0.242. The maximum absolute atomic E-state index is 12.5. The molecule has 6 nitrogen and oxygen atoms in total. The third-order valence-corrected chi connectivity index (χ3v) is 4.69. The summed E-state index contributed by atoms with van der Waals surface area (Å²) < 4.78 is 1.30. The first-order valence-electron chi connectivity index (χ1n) is 7.69. The fourth-order valence-corrected chi connectivity index (χ4v) is 3.33. The Hall–Kier alpha value is -3.06. The number of carbonyl (C=O) groups is 1. The Morgan fingerprint density at radius 3 is 2.64 bits per heavy atom. The Morgan fingerprint density at radius 1 is 1.12 bits per heavy atom. The van der Waals surface area contributed by atoms with Crippen LogP contribution in [0, 0.1) is 13.8 Å². The summed E-state index contributed by atoms with van der Waals surface area (Å²) >= 11 is 1.34. The van der Waals surface area contributed by atoms with Gasteiger partial charge in [0, 0.05) is 11.3 Å². The smallest absolute Gasteiger partial charge is 0.283 e. The van der Waals surface area contributed by atoms with Gasteiger partial charge in [0.25, 0.3) is 11.5 Å². The molecule has 0 saturated carbocycles. The number of benzene rings is 2. The number of hydrogen-bond acceptors (Lipinski definition) is 5. The highest BCUT2D eigenvalue weighted by molar-refractivity contribution is 7.16. The van der Waals surface area contributed by atoms with Crippen molar-refractivity contribution in [3.8, 4) is 0 Å². The highest BCUT2D eigenvalue weighted by Gasteiger charge is 2.12. The van der Waals surface area contributed by atoms with E-state index in [9.17, 15) is 9.59 Å². The monoisotopic (exact) mass is 350 g/mol. The van der Waals surface area contributed by atoms with Gasteiger partial charge in [-0.05, 0) is 44.2 Å². The molecule has 4 aromatic rings. The summed E-state index contributed by atoms with van der Waals surface area (Å²) in [4.78, 5) is 29.9. The van der Waals surface area contributed by atoms with Crippen LogP contribution in [0.3, 0.4) is 0 Å². The lowest BCUT2D eigenvalue weighted by atomic mass is 10.1. The molecular formula is C18H14N4O2S. The molecule has 0 saturated heterocycles. The molecule has 0 spiro atoms. The second-order valence-corrected chi connectivity index (χ2v) is 6.94. The summed E-state index contributed by atoms with van der Waals surface area (Å²) in [6, 6.07) is 12.4. The molecule has 4 rings (SSSR count). The third-order valence-electron chi connectivity index (χ3n) is 3.87. The molecule has 0 atom stereocenters. The predicted octanol–water partition coefficient (Wildman–Crippen LogP) is 3.17. The standard InChI is InChI=1S/C18H14N4O2S/c1-10-3-6-13(7-4-10)19-16(23)12-5-8-14-15(9-12)20-18-22(17(14)24)21-11(2)25-18/h3-9H,1-2H3,(H,19,23). The van der Waals surface area contributed by atoms with E-state index in [1.807, 2.05) is 38.1 Å². The molecular weight excluding hydrogens is 336 g/mol. The first-order chi connectivity index (χ1) is 12.0. The SMILES string of the molecule is Cc1ccc(NC(=O)c2ccc3c(=O)n4nc(C)sc4nc3c2)cc1. The van der Waals surface area contributed by atoms with Gasteiger partial charge in [-0.1, -0.05) is 29.0 Å². The molecule has 0 unspecified atom stereocenters. The number of hydrogen-bond donors (Lipinski definition) is 1. The normalized spacial score (nSPS) is 11.1. The van der Waals surface area contributed by atoms with Crippen molar-refractivity contribution in [1.29, 1.82) is 0 Å². The number of aryl methyl sites for hydroxylation is 2. The summed E-state index contributed by atoms with van der Waals surface area (Å²) in [6.45, 7) is 3.81. The van der Waals surface area contributed by atoms with Gasteiger partial charge in [0.05, 0.1) is 10.9 Å². The molecule has 2 heterocycles. The molecule has 25 heavy (non-hydrogen) atoms. The second-order valence-electron chi connectivity index (χ2n) is 5.78. The molecule has 0 aliphatic heterocycles. The molecule has 0 aliphatic rings. The Morgan fingerprint density at radius 2 is 1.88 bits per heavy atom. The minimum Gasteiger partial charge on any atom is -0.322 e. The van der Waals surface area contributed by atoms with Crippen molar-refractivity contribution in [2.75, 3.05) is 5.32 Å². The van der Waals surface area contributed by atoms with Gasteiger partial charge in [0.1, 0.15) is 5.01 Å². The zero-order chi connectivity index (χ0) is 17.6. The Balaban J connectivity index is 1.75. The fourth-order valence-electron chi connectivity index (χ4n) is 2.59. The van der Waals surface area contributed by atoms with Crippen molar-refractivity contribution in [2.45, 2.75) is 13.8 Å². The van der Waals surface area contributed by atoms with E-state index in [2.05, 4.69) is 15.4 Å². The van der Waals surface area contributed by atoms with Crippen molar-refractivity contribution < 1.29 is 4.79 Å². The lowest BCUT2D eigenvalue weighted by molar-refractivity contribution is 0.102. The van der Waals surface area contributed by atoms with E-state index >= 15 is 0 Å². The average molecular weight is 350 g/mol. The third kappa shape index (κ3) is 2.78. The maximum atomic E-state index is 12.5. The number of amides is 1. The van der Waals surface area contributed by atoms with Crippen LogP contribution in [0.5, 0.6) is 0 Å². The first kappa shape index (κ1) is 15.5. The van der Waals surface area contributed by atoms with Crippen LogP contribution in [0.1, 0.15) is 20.9 Å². The van der Waals surface area contributed by atoms with E-state index in [0.29, 0.717) is 21.4 Å². The molecule has 1 N–H and O–H groups in total. The lowest BCUT2D eigenvalue weighted by Gasteiger charge is -2.06. The Bertz CT molecular complexity index is 1180. The highest BCUT2D eigenvalue weighted by atomic mass is 32.1. The van der Waals surface area contributed by atoms with Crippen molar-refractivity contribution in [3.05, 3.63) is 69.0 Å². The number of aromatic nitrogens is 3. The van der Waals surface area contributed by atoms with Crippen LogP contribution < -0.4 is 10.9 Å². The number of nitrogens with one attached hydrogen (secondary N) is 1. The molecule has 0 aliphatic carbocycles. The molecule has 7 heteroatoms. The largest absolute Gasteiger partial charge is 0.322 e. The number of nitrogens with zero attached hydrogens (tertiary/aromatic N) is 3. The van der Waals surface area contributed by atoms with Crippen LogP contribution in [0.2, 0.25) is 0 Å². The van der Waals surface area contributed by atoms with Crippen molar-refractivity contribution >= 4 is 38.8 Å². The van der Waals surface area contributed by atoms with Gasteiger partial charge in [-0.25, -0.2) is 4.98 Å². The van der Waals surface area contributed by atoms with Crippen molar-refractivity contribution in [2.24, 2.45) is 0 Å². The second kappa shape index (κ2) is 5.78. The minimum absolute atomic E-state index is 0.227. The summed E-state index contributed by atoms with van der Waals surface area (Å²) in [5, 5.41) is 8.21. The molecule has 0 bridgehead atoms. The van der Waals surface area contributed by atoms with Crippen LogP contribution in [0.4, 0.5) is 5.69 Å². The van der Waals surface area contributed by atoms with Crippen molar-refractivity contribution in [1.82, 2.24) is 14.6 Å². The van der Waals surface area contributed by atoms with Gasteiger partial charge in [-0.15, -0.1) is 0 Å². The van der Waals surface area contributed by atoms with Gasteiger partial charge < -0.3 is 5.32 Å². The van der Waals surface area contributed by atoms with E-state index in [4.69, 9.17) is 0 Å². The fraction of sp³-hybridized carbons (Fsp3) is 0.111. The Labute approximate surface area is 146 Å². The van der Waals surface area contributed by atoms with Gasteiger partial charge in [0.2, 0.25) is 4.96 Å². The lowest BCUT2D eigenvalue weighted by Crippen LogP contribution is -2.16. The molecule has 2 aromatic carbocycles. The van der Waals surface area contributed by atoms with Crippen LogP contribution in [0.15, 0.2) is 47.3 Å². The quantitative estimate of drug-likeness (QED) is 0.602. The molecule has 124 valence electrons. The van der Waals surface area contributed by atoms with Gasteiger partial charge in [-0.3, -0.25) is 9.59 Å². The van der Waals surface area contributed by atoms with Gasteiger partial charge in [-0.2, -0.15) is 9.61 Å². The average Bonchev–Trinajstić information content (AvgIpc) is 2.97. The van der Waals surface area contributed by atoms with E-state index < -0.39 is 0 Å². The van der Waals surface area contributed by atoms with Gasteiger partial charge >= 0.3 is 0 Å². The van der Waals surface area contributed by atoms with Crippen molar-refractivity contribution in [3.63, 3.8) is 0 Å². The summed E-state index contributed by atoms with van der Waals surface area (Å²) in [7, 11) is 0. The zero-order valence-corrected chi connectivity index (χ0v) is 14.4. The summed E-state index contributed by atoms with van der Waals surface area (Å²) in [6.07, 6.45) is 0. The Kier molecular flexibility index (Phi) is 3.58. The summed E-state index contributed by atoms with van der Waals surface area (Å²) in [5.74, 6) is -0.242. The predicted molar refractivity (Wildman–Crippen MR) is 98.5 cm³/mol. The van der Waals surface area contributed by atoms with Crippen LogP contribution >= 0.6 is 11.3 Å². The first-order valence-corrected chi connectivity index (χ1v) is 8.51. The summed E-state index contributed by atoms with van der Waals surface area (Å²) in [5.41, 5.74) is 2.56. The zero-order valence-electron chi connectivity index (χ0n) is 13.6. The molecule has 1 amide bonds. The van der Waals surface area contributed by atoms with Crippen LogP contribution in [-0.2, 0) is 0 Å². The highest BCUT2D eigenvalue weighted by Crippen LogP contribution is 2.17. The van der Waals surface area contributed by atoms with E-state index in [0.717, 1.165) is 16.3 Å². The molecule has 0 radical (unpaired) electrons. The number of fused-ring (bicyclic) bond motifs is 2. The van der Waals surface area contributed by atoms with E-state index in [1.54, 1.807) is 18.2 Å². The van der Waals surface area contributed by atoms with Crippen LogP contribution in [-0.4, -0.2) is 20.5 Å². The topological polar surface area (TPSA) is 76.4 Å². The van der Waals surface area contributed by atoms with Gasteiger partial charge in [0.15, 0.2) is 0 Å². The van der Waals surface area contributed by atoms with E-state index in [1.165, 1.54) is 15.9 Å². The van der Waals surface area contributed by atoms with Crippen LogP contribution in [0.25, 0.3) is 15.9 Å². The number of rotatable bonds is 2.